The number of hydrogen-bond donors (Lipinski definition) is 0. The average Bonchev–Trinajstić information content (AvgIpc) is 3.14. The highest BCUT2D eigenvalue weighted by molar-refractivity contribution is 6.18. The van der Waals surface area contributed by atoms with E-state index < -0.39 is 0 Å². The molecule has 3 nitrogen and oxygen atoms in total. The molecule has 1 aliphatic heterocycles. The third-order valence-corrected chi connectivity index (χ3v) is 9.55. The summed E-state index contributed by atoms with van der Waals surface area (Å²) in [6, 6.07) is 58.4. The van der Waals surface area contributed by atoms with Gasteiger partial charge in [0.05, 0.1) is 33.8 Å². The van der Waals surface area contributed by atoms with Gasteiger partial charge >= 0.3 is 0 Å². The fourth-order valence-corrected chi connectivity index (χ4v) is 7.42. The third kappa shape index (κ3) is 3.93. The second-order valence-corrected chi connectivity index (χ2v) is 12.2. The van der Waals surface area contributed by atoms with Crippen LogP contribution in [0.1, 0.15) is 0 Å². The molecule has 47 heavy (non-hydrogen) atoms. The van der Waals surface area contributed by atoms with Gasteiger partial charge in [0.25, 0.3) is 0 Å². The highest BCUT2D eigenvalue weighted by atomic mass is 15.2. The van der Waals surface area contributed by atoms with Crippen molar-refractivity contribution in [3.05, 3.63) is 164 Å². The molecule has 0 saturated heterocycles. The zero-order valence-corrected chi connectivity index (χ0v) is 25.4. The SMILES string of the molecule is c1ccc2c(-c3nc4ccccc4nc3-c3ccc(N4c5c(ccc6ccccc56)-c5cccc6cccc4c56)cc3)cccc2c1. The lowest BCUT2D eigenvalue weighted by Crippen LogP contribution is -2.15. The number of aromatic nitrogens is 2. The third-order valence-electron chi connectivity index (χ3n) is 9.55. The minimum Gasteiger partial charge on any atom is -0.309 e. The van der Waals surface area contributed by atoms with Crippen LogP contribution in [0.15, 0.2) is 164 Å². The van der Waals surface area contributed by atoms with Crippen LogP contribution >= 0.6 is 0 Å². The Kier molecular flexibility index (Phi) is 5.57. The molecule has 9 aromatic rings. The van der Waals surface area contributed by atoms with E-state index in [4.69, 9.17) is 9.97 Å². The first-order chi connectivity index (χ1) is 23.3. The van der Waals surface area contributed by atoms with Crippen molar-refractivity contribution >= 4 is 60.4 Å². The number of fused-ring (bicyclic) bond motifs is 6. The molecule has 0 saturated carbocycles. The van der Waals surface area contributed by atoms with Gasteiger partial charge in [-0.15, -0.1) is 0 Å². The molecule has 3 heteroatoms. The van der Waals surface area contributed by atoms with Crippen molar-refractivity contribution in [3.63, 3.8) is 0 Å². The number of para-hydroxylation sites is 2. The van der Waals surface area contributed by atoms with Crippen LogP contribution in [0.2, 0.25) is 0 Å². The zero-order valence-electron chi connectivity index (χ0n) is 25.4. The molecule has 1 aromatic heterocycles. The minimum atomic E-state index is 0.878. The van der Waals surface area contributed by atoms with Crippen LogP contribution in [0.4, 0.5) is 17.1 Å². The molecule has 10 rings (SSSR count). The number of rotatable bonds is 3. The van der Waals surface area contributed by atoms with Crippen LogP contribution in [-0.4, -0.2) is 9.97 Å². The highest BCUT2D eigenvalue weighted by Gasteiger charge is 2.27. The van der Waals surface area contributed by atoms with Gasteiger partial charge in [0, 0.05) is 33.2 Å². The second-order valence-electron chi connectivity index (χ2n) is 12.2. The summed E-state index contributed by atoms with van der Waals surface area (Å²) >= 11 is 0. The van der Waals surface area contributed by atoms with Crippen LogP contribution in [0.5, 0.6) is 0 Å². The molecule has 0 unspecified atom stereocenters. The number of anilines is 3. The fraction of sp³-hybridized carbons (Fsp3) is 0. The summed E-state index contributed by atoms with van der Waals surface area (Å²) in [5.74, 6) is 0. The molecule has 218 valence electrons. The van der Waals surface area contributed by atoms with Crippen LogP contribution in [-0.2, 0) is 0 Å². The Labute approximate surface area is 272 Å². The van der Waals surface area contributed by atoms with Gasteiger partial charge in [0.15, 0.2) is 0 Å². The first-order valence-electron chi connectivity index (χ1n) is 16.0. The normalized spacial score (nSPS) is 12.2. The van der Waals surface area contributed by atoms with Crippen LogP contribution in [0.3, 0.4) is 0 Å². The Morgan fingerprint density at radius 1 is 0.383 bits per heavy atom. The first-order valence-corrected chi connectivity index (χ1v) is 16.0. The number of nitrogens with zero attached hydrogens (tertiary/aromatic N) is 3. The number of hydrogen-bond acceptors (Lipinski definition) is 3. The highest BCUT2D eigenvalue weighted by Crippen LogP contribution is 2.53. The standard InChI is InChI=1S/C44H27N3/c1-3-15-33-28(10-1)12-7-18-36(33)43-42(45-38-19-5-6-20-39(38)46-43)31-22-25-32(26-23-31)47-40-21-9-14-30-13-8-17-35(41(30)40)37-27-24-29-11-2-4-16-34(29)44(37)47/h1-27H. The van der Waals surface area contributed by atoms with Crippen LogP contribution < -0.4 is 4.90 Å². The summed E-state index contributed by atoms with van der Waals surface area (Å²) < 4.78 is 0. The van der Waals surface area contributed by atoms with Crippen molar-refractivity contribution in [2.45, 2.75) is 0 Å². The van der Waals surface area contributed by atoms with Crippen molar-refractivity contribution in [2.75, 3.05) is 4.90 Å². The Hall–Kier alpha value is -6.32. The van der Waals surface area contributed by atoms with E-state index in [1.165, 1.54) is 54.8 Å². The van der Waals surface area contributed by atoms with Crippen molar-refractivity contribution < 1.29 is 0 Å². The molecule has 0 aliphatic carbocycles. The second kappa shape index (κ2) is 10.1. The van der Waals surface area contributed by atoms with Gasteiger partial charge in [-0.1, -0.05) is 133 Å². The Morgan fingerprint density at radius 3 is 1.77 bits per heavy atom. The topological polar surface area (TPSA) is 29.0 Å². The maximum absolute atomic E-state index is 5.23. The lowest BCUT2D eigenvalue weighted by atomic mass is 9.88. The maximum atomic E-state index is 5.23. The smallest absolute Gasteiger partial charge is 0.0979 e. The Bertz CT molecular complexity index is 2680. The van der Waals surface area contributed by atoms with E-state index in [1.54, 1.807) is 0 Å². The summed E-state index contributed by atoms with van der Waals surface area (Å²) in [4.78, 5) is 12.9. The predicted octanol–water partition coefficient (Wildman–Crippen LogP) is 11.9. The quantitative estimate of drug-likeness (QED) is 0.203. The first kappa shape index (κ1) is 26.0. The van der Waals surface area contributed by atoms with Crippen molar-refractivity contribution in [1.82, 2.24) is 9.97 Å². The summed E-state index contributed by atoms with van der Waals surface area (Å²) in [5.41, 5.74) is 11.7. The van der Waals surface area contributed by atoms with E-state index in [2.05, 4.69) is 144 Å². The molecule has 0 atom stereocenters. The summed E-state index contributed by atoms with van der Waals surface area (Å²) in [6.45, 7) is 0. The molecular formula is C44H27N3. The van der Waals surface area contributed by atoms with Crippen LogP contribution in [0, 0.1) is 0 Å². The zero-order chi connectivity index (χ0) is 30.9. The molecule has 0 amide bonds. The molecule has 1 aliphatic rings. The van der Waals surface area contributed by atoms with E-state index >= 15 is 0 Å². The van der Waals surface area contributed by atoms with Crippen molar-refractivity contribution in [2.24, 2.45) is 0 Å². The summed E-state index contributed by atoms with van der Waals surface area (Å²) in [6.07, 6.45) is 0. The minimum absolute atomic E-state index is 0.878. The van der Waals surface area contributed by atoms with Gasteiger partial charge in [0.2, 0.25) is 0 Å². The average molecular weight is 598 g/mol. The molecule has 2 heterocycles. The predicted molar refractivity (Wildman–Crippen MR) is 197 cm³/mol. The van der Waals surface area contributed by atoms with Gasteiger partial charge in [-0.3, -0.25) is 0 Å². The van der Waals surface area contributed by atoms with Gasteiger partial charge in [-0.2, -0.15) is 0 Å². The lowest BCUT2D eigenvalue weighted by molar-refractivity contribution is 1.28. The monoisotopic (exact) mass is 597 g/mol. The van der Waals surface area contributed by atoms with E-state index in [1.807, 2.05) is 24.3 Å². The molecule has 8 aromatic carbocycles. The molecular weight excluding hydrogens is 571 g/mol. The lowest BCUT2D eigenvalue weighted by Gasteiger charge is -2.34. The van der Waals surface area contributed by atoms with Crippen LogP contribution in [0.25, 0.3) is 77.0 Å². The summed E-state index contributed by atoms with van der Waals surface area (Å²) in [5, 5.41) is 7.34. The molecule has 0 radical (unpaired) electrons. The molecule has 0 fully saturated rings. The summed E-state index contributed by atoms with van der Waals surface area (Å²) in [7, 11) is 0. The van der Waals surface area contributed by atoms with Gasteiger partial charge in [-0.05, 0) is 57.4 Å². The number of benzene rings is 8. The maximum Gasteiger partial charge on any atom is 0.0979 e. The Morgan fingerprint density at radius 2 is 0.979 bits per heavy atom. The molecule has 0 bridgehead atoms. The van der Waals surface area contributed by atoms with Gasteiger partial charge < -0.3 is 4.90 Å². The van der Waals surface area contributed by atoms with E-state index in [0.29, 0.717) is 0 Å². The molecule has 0 N–H and O–H groups in total. The van der Waals surface area contributed by atoms with Gasteiger partial charge in [0.1, 0.15) is 0 Å². The van der Waals surface area contributed by atoms with E-state index in [9.17, 15) is 0 Å². The molecule has 0 spiro atoms. The van der Waals surface area contributed by atoms with E-state index in [-0.39, 0.29) is 0 Å². The largest absolute Gasteiger partial charge is 0.309 e. The van der Waals surface area contributed by atoms with E-state index in [0.717, 1.165) is 39.2 Å². The van der Waals surface area contributed by atoms with Gasteiger partial charge in [-0.25, -0.2) is 9.97 Å². The Balaban J connectivity index is 1.20. The van der Waals surface area contributed by atoms with Crippen molar-refractivity contribution in [1.29, 1.82) is 0 Å². The van der Waals surface area contributed by atoms with Crippen molar-refractivity contribution in [3.8, 4) is 33.6 Å². The fourth-order valence-electron chi connectivity index (χ4n) is 7.42.